The van der Waals surface area contributed by atoms with Gasteiger partial charge >= 0.3 is 0 Å². The zero-order valence-corrected chi connectivity index (χ0v) is 6.44. The Morgan fingerprint density at radius 3 is 1.25 bits per heavy atom. The van der Waals surface area contributed by atoms with Crippen LogP contribution >= 0.6 is 0 Å². The second-order valence-corrected chi connectivity index (χ2v) is 2.09. The molecule has 0 aliphatic carbocycles. The van der Waals surface area contributed by atoms with Crippen LogP contribution in [0.2, 0.25) is 0 Å². The van der Waals surface area contributed by atoms with Crippen LogP contribution in [0.5, 0.6) is 0 Å². The molecule has 0 rings (SSSR count). The van der Waals surface area contributed by atoms with Gasteiger partial charge in [-0.2, -0.15) is 0 Å². The first-order valence-corrected chi connectivity index (χ1v) is 3.33. The van der Waals surface area contributed by atoms with Gasteiger partial charge in [-0.05, 0) is 13.8 Å². The van der Waals surface area contributed by atoms with Crippen molar-refractivity contribution in [1.82, 2.24) is 0 Å². The van der Waals surface area contributed by atoms with E-state index in [1.807, 2.05) is 0 Å². The molecular weight excluding hydrogens is 100 g/mol. The molecule has 1 N–H and O–H groups in total. The van der Waals surface area contributed by atoms with Gasteiger partial charge in [-0.3, -0.25) is 0 Å². The van der Waals surface area contributed by atoms with E-state index in [0.29, 0.717) is 0 Å². The molecule has 8 heavy (non-hydrogen) atoms. The maximum absolute atomic E-state index is 8.06. The van der Waals surface area contributed by atoms with Crippen molar-refractivity contribution in [3.63, 3.8) is 0 Å². The lowest BCUT2D eigenvalue weighted by Gasteiger charge is -1.80. The Kier molecular flexibility index (Phi) is 13.6. The summed E-state index contributed by atoms with van der Waals surface area (Å²) in [6.07, 6.45) is 2.47. The van der Waals surface area contributed by atoms with Crippen molar-refractivity contribution in [2.45, 2.75) is 46.6 Å². The lowest BCUT2D eigenvalue weighted by atomic mass is 10.4. The molecule has 1 heteroatoms. The molecule has 0 saturated carbocycles. The number of rotatable bonds is 1. The Balaban J connectivity index is 0. The molecule has 0 aromatic rings. The van der Waals surface area contributed by atoms with E-state index in [-0.39, 0.29) is 6.10 Å². The number of hydrogen-bond acceptors (Lipinski definition) is 1. The van der Waals surface area contributed by atoms with E-state index in [4.69, 9.17) is 5.11 Å². The second kappa shape index (κ2) is 10.0. The van der Waals surface area contributed by atoms with E-state index in [1.54, 1.807) is 13.8 Å². The monoisotopic (exact) mass is 118 g/mol. The van der Waals surface area contributed by atoms with Gasteiger partial charge in [-0.15, -0.1) is 0 Å². The molecule has 0 fully saturated rings. The zero-order valence-electron chi connectivity index (χ0n) is 6.44. The minimum absolute atomic E-state index is 0.167. The van der Waals surface area contributed by atoms with Gasteiger partial charge in [0.15, 0.2) is 0 Å². The minimum atomic E-state index is -0.167. The van der Waals surface area contributed by atoms with Gasteiger partial charge < -0.3 is 5.11 Å². The van der Waals surface area contributed by atoms with Crippen molar-refractivity contribution in [3.05, 3.63) is 0 Å². The molecule has 0 aliphatic rings. The third kappa shape index (κ3) is 159. The quantitative estimate of drug-likeness (QED) is 0.559. The van der Waals surface area contributed by atoms with E-state index >= 15 is 0 Å². The fraction of sp³-hybridized carbons (Fsp3) is 1.00. The van der Waals surface area contributed by atoms with Crippen molar-refractivity contribution in [3.8, 4) is 0 Å². The predicted octanol–water partition coefficient (Wildman–Crippen LogP) is 2.19. The molecule has 0 unspecified atom stereocenters. The van der Waals surface area contributed by atoms with Crippen LogP contribution < -0.4 is 0 Å². The van der Waals surface area contributed by atoms with Crippen molar-refractivity contribution >= 4 is 0 Å². The Morgan fingerprint density at radius 2 is 1.25 bits per heavy atom. The van der Waals surface area contributed by atoms with Gasteiger partial charge in [0, 0.05) is 6.10 Å². The number of unbranched alkanes of at least 4 members (excludes halogenated alkanes) is 1. The van der Waals surface area contributed by atoms with E-state index in [9.17, 15) is 0 Å². The van der Waals surface area contributed by atoms with Crippen LogP contribution in [0.25, 0.3) is 0 Å². The highest BCUT2D eigenvalue weighted by Crippen LogP contribution is 1.76. The fourth-order valence-electron chi connectivity index (χ4n) is 0. The highest BCUT2D eigenvalue weighted by atomic mass is 16.3. The minimum Gasteiger partial charge on any atom is -0.394 e. The predicted molar refractivity (Wildman–Crippen MR) is 37.9 cm³/mol. The van der Waals surface area contributed by atoms with Crippen molar-refractivity contribution in [1.29, 1.82) is 0 Å². The Bertz CT molecular complexity index is 20.8. The molecule has 0 aromatic carbocycles. The molecular formula is C7H18O. The summed E-state index contributed by atoms with van der Waals surface area (Å²) in [5.41, 5.74) is 0. The average Bonchev–Trinajstić information content (AvgIpc) is 1.65. The normalized spacial score (nSPS) is 8.25. The van der Waals surface area contributed by atoms with Crippen LogP contribution in [-0.4, -0.2) is 11.2 Å². The first-order valence-electron chi connectivity index (χ1n) is 3.33. The van der Waals surface area contributed by atoms with E-state index in [0.717, 1.165) is 0 Å². The summed E-state index contributed by atoms with van der Waals surface area (Å²) in [4.78, 5) is 0. The maximum atomic E-state index is 8.06. The summed E-state index contributed by atoms with van der Waals surface area (Å²) in [6.45, 7) is 7.81. The van der Waals surface area contributed by atoms with Crippen molar-refractivity contribution in [2.75, 3.05) is 0 Å². The molecule has 0 radical (unpaired) electrons. The molecule has 0 heterocycles. The Hall–Kier alpha value is -0.0400. The molecule has 0 bridgehead atoms. The standard InChI is InChI=1S/C4H10.C3H8O/c1-3-4-2;1-3(2)4/h3-4H2,1-2H3;3-4H,1-2H3. The third-order valence-corrected chi connectivity index (χ3v) is 0.500. The highest BCUT2D eigenvalue weighted by molar-refractivity contribution is 4.20. The number of aliphatic hydroxyl groups excluding tert-OH is 1. The number of hydrogen-bond donors (Lipinski definition) is 1. The van der Waals surface area contributed by atoms with E-state index in [1.165, 1.54) is 12.8 Å². The summed E-state index contributed by atoms with van der Waals surface area (Å²) in [6, 6.07) is 0. The summed E-state index contributed by atoms with van der Waals surface area (Å²) >= 11 is 0. The van der Waals surface area contributed by atoms with Gasteiger partial charge in [0.1, 0.15) is 0 Å². The maximum Gasteiger partial charge on any atom is 0.0483 e. The van der Waals surface area contributed by atoms with Crippen LogP contribution in [0.4, 0.5) is 0 Å². The van der Waals surface area contributed by atoms with Crippen LogP contribution in [-0.2, 0) is 0 Å². The van der Waals surface area contributed by atoms with Gasteiger partial charge in [0.25, 0.3) is 0 Å². The molecule has 0 aromatic heterocycles. The zero-order chi connectivity index (χ0) is 6.99. The molecule has 0 spiro atoms. The van der Waals surface area contributed by atoms with Crippen LogP contribution in [0.1, 0.15) is 40.5 Å². The average molecular weight is 118 g/mol. The summed E-state index contributed by atoms with van der Waals surface area (Å²) < 4.78 is 0. The van der Waals surface area contributed by atoms with Gasteiger partial charge in [-0.1, -0.05) is 26.7 Å². The molecule has 0 aliphatic heterocycles. The topological polar surface area (TPSA) is 20.2 Å². The molecule has 52 valence electrons. The second-order valence-electron chi connectivity index (χ2n) is 2.09. The lowest BCUT2D eigenvalue weighted by Crippen LogP contribution is -1.85. The lowest BCUT2D eigenvalue weighted by molar-refractivity contribution is 0.216. The third-order valence-electron chi connectivity index (χ3n) is 0.500. The molecule has 0 amide bonds. The molecule has 0 saturated heterocycles. The summed E-state index contributed by atoms with van der Waals surface area (Å²) in [5.74, 6) is 0. The Morgan fingerprint density at radius 1 is 1.12 bits per heavy atom. The van der Waals surface area contributed by atoms with Gasteiger partial charge in [-0.25, -0.2) is 0 Å². The number of aliphatic hydroxyl groups is 1. The molecule has 1 nitrogen and oxygen atoms in total. The fourth-order valence-corrected chi connectivity index (χ4v) is 0. The van der Waals surface area contributed by atoms with Crippen molar-refractivity contribution in [2.24, 2.45) is 0 Å². The SMILES string of the molecule is CC(C)O.CCCC. The first kappa shape index (κ1) is 10.9. The van der Waals surface area contributed by atoms with Crippen LogP contribution in [0, 0.1) is 0 Å². The van der Waals surface area contributed by atoms with Crippen LogP contribution in [0.3, 0.4) is 0 Å². The summed E-state index contributed by atoms with van der Waals surface area (Å²) in [7, 11) is 0. The van der Waals surface area contributed by atoms with Crippen molar-refractivity contribution < 1.29 is 5.11 Å². The summed E-state index contributed by atoms with van der Waals surface area (Å²) in [5, 5.41) is 8.06. The Labute approximate surface area is 52.7 Å². The van der Waals surface area contributed by atoms with Crippen LogP contribution in [0.15, 0.2) is 0 Å². The van der Waals surface area contributed by atoms with Gasteiger partial charge in [0.05, 0.1) is 0 Å². The molecule has 0 atom stereocenters. The highest BCUT2D eigenvalue weighted by Gasteiger charge is 1.69. The van der Waals surface area contributed by atoms with E-state index < -0.39 is 0 Å². The first-order chi connectivity index (χ1) is 3.65. The largest absolute Gasteiger partial charge is 0.394 e. The van der Waals surface area contributed by atoms with Gasteiger partial charge in [0.2, 0.25) is 0 Å². The smallest absolute Gasteiger partial charge is 0.0483 e. The van der Waals surface area contributed by atoms with E-state index in [2.05, 4.69) is 13.8 Å².